The number of nitrogens with zero attached hydrogens (tertiary/aromatic N) is 1. The molecule has 1 fully saturated rings. The molecule has 1 heterocycles. The van der Waals surface area contributed by atoms with Crippen LogP contribution in [0.2, 0.25) is 0 Å². The lowest BCUT2D eigenvalue weighted by atomic mass is 9.94. The van der Waals surface area contributed by atoms with E-state index in [1.54, 1.807) is 0 Å². The Morgan fingerprint density at radius 3 is 2.42 bits per heavy atom. The van der Waals surface area contributed by atoms with Crippen molar-refractivity contribution >= 4 is 20.6 Å². The molecule has 1 N–H and O–H groups in total. The van der Waals surface area contributed by atoms with Gasteiger partial charge in [0.25, 0.3) is 0 Å². The van der Waals surface area contributed by atoms with Crippen LogP contribution in [0.3, 0.4) is 0 Å². The summed E-state index contributed by atoms with van der Waals surface area (Å²) in [6.07, 6.45) is 3.86. The van der Waals surface area contributed by atoms with E-state index in [1.165, 1.54) is 0 Å². The summed E-state index contributed by atoms with van der Waals surface area (Å²) in [7, 11) is 0.0897. The predicted molar refractivity (Wildman–Crippen MR) is 57.0 cm³/mol. The topological polar surface area (TPSA) is 23.5 Å². The number of piperidine rings is 1. The van der Waals surface area contributed by atoms with E-state index in [0.717, 1.165) is 31.8 Å². The van der Waals surface area contributed by atoms with Gasteiger partial charge in [0.15, 0.2) is 0 Å². The number of hydrogen-bond acceptors (Lipinski definition) is 3. The number of rotatable bonds is 2. The van der Waals surface area contributed by atoms with Crippen molar-refractivity contribution in [2.45, 2.75) is 25.4 Å². The molecule has 0 aromatic rings. The minimum absolute atomic E-state index is 0.0897. The summed E-state index contributed by atoms with van der Waals surface area (Å²) in [5.74, 6) is 1.02. The Morgan fingerprint density at radius 2 is 2.00 bits per heavy atom. The zero-order valence-corrected chi connectivity index (χ0v) is 9.38. The van der Waals surface area contributed by atoms with Crippen LogP contribution in [0.1, 0.15) is 19.8 Å². The molecule has 0 saturated carbocycles. The van der Waals surface area contributed by atoms with Gasteiger partial charge in [-0.1, -0.05) is 11.2 Å². The third kappa shape index (κ3) is 3.47. The molecule has 0 bridgehead atoms. The summed E-state index contributed by atoms with van der Waals surface area (Å²) >= 11 is 5.14. The molecule has 1 aliphatic heterocycles. The molecule has 0 spiro atoms. The zero-order valence-electron chi connectivity index (χ0n) is 7.75. The Morgan fingerprint density at radius 1 is 1.50 bits per heavy atom. The molecular formula is C8H17NOS2. The van der Waals surface area contributed by atoms with Crippen molar-refractivity contribution in [1.82, 2.24) is 4.90 Å². The van der Waals surface area contributed by atoms with Crippen molar-refractivity contribution < 1.29 is 5.11 Å². The van der Waals surface area contributed by atoms with E-state index >= 15 is 0 Å². The van der Waals surface area contributed by atoms with Crippen LogP contribution in [0.5, 0.6) is 0 Å². The van der Waals surface area contributed by atoms with Gasteiger partial charge in [-0.25, -0.2) is 0 Å². The fourth-order valence-electron chi connectivity index (χ4n) is 1.42. The van der Waals surface area contributed by atoms with Gasteiger partial charge in [0.1, 0.15) is 0 Å². The lowest BCUT2D eigenvalue weighted by molar-refractivity contribution is -0.000533. The molecular weight excluding hydrogens is 190 g/mol. The molecule has 0 aliphatic carbocycles. The molecule has 1 aliphatic rings. The van der Waals surface area contributed by atoms with Crippen molar-refractivity contribution in [2.24, 2.45) is 0 Å². The van der Waals surface area contributed by atoms with Crippen molar-refractivity contribution in [3.8, 4) is 0 Å². The van der Waals surface area contributed by atoms with Gasteiger partial charge in [0, 0.05) is 19.0 Å². The minimum atomic E-state index is -0.426. The Labute approximate surface area is 81.5 Å². The van der Waals surface area contributed by atoms with E-state index in [9.17, 15) is 5.11 Å². The maximum atomic E-state index is 9.68. The lowest BCUT2D eigenvalue weighted by Crippen LogP contribution is -2.43. The van der Waals surface area contributed by atoms with Crippen LogP contribution in [-0.4, -0.2) is 40.8 Å². The van der Waals surface area contributed by atoms with Gasteiger partial charge in [-0.15, -0.1) is 9.45 Å². The highest BCUT2D eigenvalue weighted by Gasteiger charge is 2.26. The SMILES string of the molecule is CS(=S)CN1CCC(C)(O)CC1. The molecule has 4 heteroatoms. The second kappa shape index (κ2) is 4.13. The minimum Gasteiger partial charge on any atom is -0.390 e. The Kier molecular flexibility index (Phi) is 3.64. The Balaban J connectivity index is 2.31. The van der Waals surface area contributed by atoms with Crippen LogP contribution in [-0.2, 0) is 20.6 Å². The van der Waals surface area contributed by atoms with Crippen molar-refractivity contribution in [1.29, 1.82) is 0 Å². The number of aliphatic hydroxyl groups is 1. The van der Waals surface area contributed by atoms with Crippen LogP contribution in [0.4, 0.5) is 0 Å². The van der Waals surface area contributed by atoms with Crippen LogP contribution in [0.15, 0.2) is 0 Å². The molecule has 0 radical (unpaired) electrons. The van der Waals surface area contributed by atoms with Gasteiger partial charge in [0.05, 0.1) is 5.60 Å². The average Bonchev–Trinajstić information content (AvgIpc) is 1.93. The maximum absolute atomic E-state index is 9.68. The third-order valence-corrected chi connectivity index (χ3v) is 3.34. The van der Waals surface area contributed by atoms with Gasteiger partial charge in [0.2, 0.25) is 0 Å². The summed E-state index contributed by atoms with van der Waals surface area (Å²) in [6.45, 7) is 3.92. The molecule has 1 atom stereocenters. The average molecular weight is 207 g/mol. The largest absolute Gasteiger partial charge is 0.390 e. The first-order valence-corrected chi connectivity index (χ1v) is 6.97. The van der Waals surface area contributed by atoms with Gasteiger partial charge >= 0.3 is 0 Å². The van der Waals surface area contributed by atoms with Gasteiger partial charge in [-0.2, -0.15) is 0 Å². The number of likely N-dealkylation sites (tertiary alicyclic amines) is 1. The van der Waals surface area contributed by atoms with E-state index in [1.807, 2.05) is 6.92 Å². The van der Waals surface area contributed by atoms with Gasteiger partial charge in [-0.3, -0.25) is 4.90 Å². The summed E-state index contributed by atoms with van der Waals surface area (Å²) in [6, 6.07) is 0. The number of hydrogen-bond donors (Lipinski definition) is 1. The first-order chi connectivity index (χ1) is 5.49. The van der Waals surface area contributed by atoms with E-state index in [0.29, 0.717) is 0 Å². The molecule has 12 heavy (non-hydrogen) atoms. The molecule has 0 aromatic carbocycles. The van der Waals surface area contributed by atoms with E-state index < -0.39 is 5.60 Å². The molecule has 0 amide bonds. The standard InChI is InChI=1S/C8H17NOS2/c1-8(10)3-5-9(6-4-8)7-12(2)11/h10H,3-7H2,1-2H3. The zero-order chi connectivity index (χ0) is 9.19. The summed E-state index contributed by atoms with van der Waals surface area (Å²) in [4.78, 5) is 2.36. The van der Waals surface area contributed by atoms with Crippen LogP contribution >= 0.6 is 0 Å². The van der Waals surface area contributed by atoms with Crippen molar-refractivity contribution in [2.75, 3.05) is 25.2 Å². The normalized spacial score (nSPS) is 26.9. The molecule has 2 nitrogen and oxygen atoms in total. The summed E-state index contributed by atoms with van der Waals surface area (Å²) in [5.41, 5.74) is -0.426. The highest BCUT2D eigenvalue weighted by Crippen LogP contribution is 2.20. The quantitative estimate of drug-likeness (QED) is 0.713. The Hall–Kier alpha value is 0.490. The monoisotopic (exact) mass is 207 g/mol. The van der Waals surface area contributed by atoms with Crippen LogP contribution < -0.4 is 0 Å². The first kappa shape index (κ1) is 10.6. The maximum Gasteiger partial charge on any atom is 0.0644 e. The van der Waals surface area contributed by atoms with Gasteiger partial charge in [-0.05, 0) is 26.0 Å². The fraction of sp³-hybridized carbons (Fsp3) is 1.00. The molecule has 0 aromatic heterocycles. The lowest BCUT2D eigenvalue weighted by Gasteiger charge is -2.35. The molecule has 1 saturated heterocycles. The second-order valence-electron chi connectivity index (χ2n) is 3.82. The van der Waals surface area contributed by atoms with E-state index in [-0.39, 0.29) is 9.45 Å². The van der Waals surface area contributed by atoms with Gasteiger partial charge < -0.3 is 5.11 Å². The first-order valence-electron chi connectivity index (χ1n) is 4.24. The fourth-order valence-corrected chi connectivity index (χ4v) is 2.64. The van der Waals surface area contributed by atoms with E-state index in [4.69, 9.17) is 11.2 Å². The van der Waals surface area contributed by atoms with Crippen molar-refractivity contribution in [3.05, 3.63) is 0 Å². The third-order valence-electron chi connectivity index (χ3n) is 2.30. The van der Waals surface area contributed by atoms with E-state index in [2.05, 4.69) is 11.2 Å². The molecule has 1 rings (SSSR count). The highest BCUT2D eigenvalue weighted by molar-refractivity contribution is 8.28. The summed E-state index contributed by atoms with van der Waals surface area (Å²) < 4.78 is 0. The highest BCUT2D eigenvalue weighted by atomic mass is 32.8. The summed E-state index contributed by atoms with van der Waals surface area (Å²) in [5, 5.41) is 9.68. The molecule has 72 valence electrons. The van der Waals surface area contributed by atoms with Crippen molar-refractivity contribution in [3.63, 3.8) is 0 Å². The Bertz CT molecular complexity index is 172. The second-order valence-corrected chi connectivity index (χ2v) is 6.93. The van der Waals surface area contributed by atoms with Crippen LogP contribution in [0, 0.1) is 0 Å². The van der Waals surface area contributed by atoms with Crippen LogP contribution in [0.25, 0.3) is 0 Å². The molecule has 1 unspecified atom stereocenters. The predicted octanol–water partition coefficient (Wildman–Crippen LogP) is 0.501. The smallest absolute Gasteiger partial charge is 0.0644 e.